The van der Waals surface area contributed by atoms with E-state index in [4.69, 9.17) is 9.39 Å². The number of rotatable bonds is 6. The largest absolute Gasteiger partial charge is 0.442 e. The number of ether oxygens (including phenoxy) is 1. The third-order valence-electron chi connectivity index (χ3n) is 1.67. The summed E-state index contributed by atoms with van der Waals surface area (Å²) in [6.45, 7) is 2.14. The SMILES string of the molecule is BOCCOCC(B)N(C)C. The van der Waals surface area contributed by atoms with Crippen LogP contribution in [0.15, 0.2) is 0 Å². The molecule has 0 bridgehead atoms. The number of nitrogens with zero attached hydrogens (tertiary/aromatic N) is 1. The molecule has 64 valence electrons. The second-order valence-corrected chi connectivity index (χ2v) is 2.88. The molecule has 0 aliphatic carbocycles. The molecule has 0 aromatic carbocycles. The van der Waals surface area contributed by atoms with Crippen LogP contribution in [0.1, 0.15) is 0 Å². The Morgan fingerprint density at radius 2 is 2.00 bits per heavy atom. The molecule has 0 aromatic heterocycles. The topological polar surface area (TPSA) is 21.7 Å². The Kier molecular flexibility index (Phi) is 6.71. The van der Waals surface area contributed by atoms with Gasteiger partial charge in [-0.3, -0.25) is 0 Å². The van der Waals surface area contributed by atoms with E-state index in [-0.39, 0.29) is 0 Å². The van der Waals surface area contributed by atoms with Crippen LogP contribution in [-0.4, -0.2) is 60.7 Å². The highest BCUT2D eigenvalue weighted by atomic mass is 16.5. The van der Waals surface area contributed by atoms with E-state index in [1.54, 1.807) is 8.05 Å². The third kappa shape index (κ3) is 6.41. The summed E-state index contributed by atoms with van der Waals surface area (Å²) in [6, 6.07) is 0. The van der Waals surface area contributed by atoms with Gasteiger partial charge in [0.1, 0.15) is 7.85 Å². The Balaban J connectivity index is 3.10. The predicted molar refractivity (Wildman–Crippen MR) is 51.3 cm³/mol. The summed E-state index contributed by atoms with van der Waals surface area (Å²) >= 11 is 0. The minimum Gasteiger partial charge on any atom is -0.442 e. The van der Waals surface area contributed by atoms with Crippen LogP contribution in [0.25, 0.3) is 0 Å². The van der Waals surface area contributed by atoms with Crippen molar-refractivity contribution in [3.05, 3.63) is 0 Å². The van der Waals surface area contributed by atoms with Gasteiger partial charge in [-0.15, -0.1) is 0 Å². The summed E-state index contributed by atoms with van der Waals surface area (Å²) in [6.07, 6.45) is 0. The summed E-state index contributed by atoms with van der Waals surface area (Å²) in [5.41, 5.74) is 0. The monoisotopic (exact) mass is 157 g/mol. The lowest BCUT2D eigenvalue weighted by Gasteiger charge is -2.19. The minimum absolute atomic E-state index is 0.479. The zero-order valence-corrected chi connectivity index (χ0v) is 7.96. The molecule has 0 saturated carbocycles. The third-order valence-corrected chi connectivity index (χ3v) is 1.67. The van der Waals surface area contributed by atoms with Gasteiger partial charge < -0.3 is 14.3 Å². The molecule has 0 aliphatic rings. The first-order valence-corrected chi connectivity index (χ1v) is 3.91. The summed E-state index contributed by atoms with van der Waals surface area (Å²) in [4.78, 5) is 2.13. The van der Waals surface area contributed by atoms with Crippen molar-refractivity contribution in [3.63, 3.8) is 0 Å². The van der Waals surface area contributed by atoms with Crippen molar-refractivity contribution in [3.8, 4) is 0 Å². The molecule has 0 rings (SSSR count). The van der Waals surface area contributed by atoms with Gasteiger partial charge in [-0.25, -0.2) is 0 Å². The summed E-state index contributed by atoms with van der Waals surface area (Å²) in [7, 11) is 7.90. The van der Waals surface area contributed by atoms with Gasteiger partial charge in [0, 0.05) is 5.94 Å². The molecule has 0 amide bonds. The van der Waals surface area contributed by atoms with Gasteiger partial charge in [-0.2, -0.15) is 0 Å². The molecule has 0 spiro atoms. The molecule has 1 atom stereocenters. The summed E-state index contributed by atoms with van der Waals surface area (Å²) < 4.78 is 10.2. The van der Waals surface area contributed by atoms with E-state index >= 15 is 0 Å². The molecule has 5 heteroatoms. The van der Waals surface area contributed by atoms with Gasteiger partial charge in [0.15, 0.2) is 0 Å². The van der Waals surface area contributed by atoms with Crippen LogP contribution < -0.4 is 0 Å². The van der Waals surface area contributed by atoms with Crippen molar-refractivity contribution in [2.75, 3.05) is 33.9 Å². The average molecular weight is 157 g/mol. The molecule has 0 heterocycles. The quantitative estimate of drug-likeness (QED) is 0.331. The van der Waals surface area contributed by atoms with Crippen LogP contribution in [0.3, 0.4) is 0 Å². The van der Waals surface area contributed by atoms with Gasteiger partial charge in [-0.05, 0) is 14.1 Å². The zero-order valence-electron chi connectivity index (χ0n) is 7.96. The lowest BCUT2D eigenvalue weighted by molar-refractivity contribution is 0.0820. The fraction of sp³-hybridized carbons (Fsp3) is 1.00. The zero-order chi connectivity index (χ0) is 8.69. The molecule has 0 N–H and O–H groups in total. The maximum atomic E-state index is 5.33. The molecule has 0 radical (unpaired) electrons. The van der Waals surface area contributed by atoms with E-state index in [1.807, 2.05) is 14.1 Å². The Morgan fingerprint density at radius 3 is 2.45 bits per heavy atom. The van der Waals surface area contributed by atoms with Crippen LogP contribution in [0.4, 0.5) is 0 Å². The molecule has 1 unspecified atom stereocenters. The predicted octanol–water partition coefficient (Wildman–Crippen LogP) is -1.91. The second-order valence-electron chi connectivity index (χ2n) is 2.88. The molecular formula is C6H17B2NO2. The smallest absolute Gasteiger partial charge is 0.257 e. The molecular weight excluding hydrogens is 140 g/mol. The molecule has 0 saturated heterocycles. The van der Waals surface area contributed by atoms with Gasteiger partial charge in [0.25, 0.3) is 8.05 Å². The highest BCUT2D eigenvalue weighted by Gasteiger charge is 2.02. The molecule has 0 fully saturated rings. The van der Waals surface area contributed by atoms with E-state index in [9.17, 15) is 0 Å². The molecule has 3 nitrogen and oxygen atoms in total. The Labute approximate surface area is 70.9 Å². The van der Waals surface area contributed by atoms with Crippen LogP contribution in [-0.2, 0) is 9.39 Å². The van der Waals surface area contributed by atoms with Crippen molar-refractivity contribution in [2.45, 2.75) is 5.94 Å². The van der Waals surface area contributed by atoms with Crippen LogP contribution in [0.5, 0.6) is 0 Å². The number of hydrogen-bond donors (Lipinski definition) is 0. The number of hydrogen-bond acceptors (Lipinski definition) is 3. The van der Waals surface area contributed by atoms with E-state index in [2.05, 4.69) is 12.7 Å². The van der Waals surface area contributed by atoms with Gasteiger partial charge >= 0.3 is 0 Å². The maximum absolute atomic E-state index is 5.33. The van der Waals surface area contributed by atoms with Gasteiger partial charge in [0.05, 0.1) is 19.8 Å². The maximum Gasteiger partial charge on any atom is 0.257 e. The first kappa shape index (κ1) is 11.0. The normalized spacial score (nSPS) is 13.7. The Bertz CT molecular complexity index is 92.7. The van der Waals surface area contributed by atoms with E-state index < -0.39 is 0 Å². The van der Waals surface area contributed by atoms with Crippen molar-refractivity contribution in [2.24, 2.45) is 0 Å². The second kappa shape index (κ2) is 6.70. The summed E-state index contributed by atoms with van der Waals surface area (Å²) in [5.74, 6) is 0.479. The highest BCUT2D eigenvalue weighted by Crippen LogP contribution is 1.87. The fourth-order valence-electron chi connectivity index (χ4n) is 0.545. The van der Waals surface area contributed by atoms with Crippen molar-refractivity contribution >= 4 is 15.9 Å². The van der Waals surface area contributed by atoms with Crippen LogP contribution in [0.2, 0.25) is 0 Å². The molecule has 11 heavy (non-hydrogen) atoms. The first-order chi connectivity index (χ1) is 5.18. The first-order valence-electron chi connectivity index (χ1n) is 3.91. The minimum atomic E-state index is 0.479. The van der Waals surface area contributed by atoms with Gasteiger partial charge in [0.2, 0.25) is 0 Å². The van der Waals surface area contributed by atoms with Crippen LogP contribution in [0, 0.1) is 0 Å². The Hall–Kier alpha value is 0.00987. The highest BCUT2D eigenvalue weighted by molar-refractivity contribution is 6.11. The summed E-state index contributed by atoms with van der Waals surface area (Å²) in [5, 5.41) is 0. The standard InChI is InChI=1S/C6H17B2NO2/c1-9(2)6(7)5-10-3-4-11-8/h6H,3-5,7-8H2,1-2H3. The van der Waals surface area contributed by atoms with Crippen molar-refractivity contribution < 1.29 is 9.39 Å². The van der Waals surface area contributed by atoms with E-state index in [0.717, 1.165) is 6.61 Å². The lowest BCUT2D eigenvalue weighted by atomic mass is 9.97. The van der Waals surface area contributed by atoms with Crippen LogP contribution >= 0.6 is 0 Å². The van der Waals surface area contributed by atoms with Crippen molar-refractivity contribution in [1.29, 1.82) is 0 Å². The van der Waals surface area contributed by atoms with E-state index in [1.165, 1.54) is 0 Å². The van der Waals surface area contributed by atoms with Crippen molar-refractivity contribution in [1.82, 2.24) is 4.90 Å². The average Bonchev–Trinajstić information content (AvgIpc) is 1.97. The fourth-order valence-corrected chi connectivity index (χ4v) is 0.545. The molecule has 0 aromatic rings. The lowest BCUT2D eigenvalue weighted by Crippen LogP contribution is -2.33. The van der Waals surface area contributed by atoms with E-state index in [0.29, 0.717) is 19.2 Å². The molecule has 0 aliphatic heterocycles. The van der Waals surface area contributed by atoms with Gasteiger partial charge in [-0.1, -0.05) is 0 Å². The number of likely N-dealkylation sites (N-methyl/N-ethyl adjacent to an activating group) is 1. The Morgan fingerprint density at radius 1 is 1.36 bits per heavy atom.